The van der Waals surface area contributed by atoms with Crippen LogP contribution in [0.25, 0.3) is 0 Å². The van der Waals surface area contributed by atoms with Crippen molar-refractivity contribution in [1.29, 1.82) is 0 Å². The molecule has 1 aliphatic rings. The number of ether oxygens (including phenoxy) is 2. The van der Waals surface area contributed by atoms with E-state index in [2.05, 4.69) is 15.3 Å². The Hall–Kier alpha value is -5.12. The summed E-state index contributed by atoms with van der Waals surface area (Å²) in [6.45, 7) is 2.56. The molecule has 9 nitrogen and oxygen atoms in total. The summed E-state index contributed by atoms with van der Waals surface area (Å²) in [6, 6.07) is 18.9. The van der Waals surface area contributed by atoms with E-state index in [4.69, 9.17) is 9.47 Å². The predicted octanol–water partition coefficient (Wildman–Crippen LogP) is 5.55. The van der Waals surface area contributed by atoms with Crippen LogP contribution in [0.3, 0.4) is 0 Å². The number of hydrogen-bond acceptors (Lipinski definition) is 7. The van der Waals surface area contributed by atoms with E-state index in [-0.39, 0.29) is 40.7 Å². The smallest absolute Gasteiger partial charge is 0.272 e. The van der Waals surface area contributed by atoms with Crippen LogP contribution in [0.4, 0.5) is 10.1 Å². The Morgan fingerprint density at radius 1 is 0.829 bits per heavy atom. The summed E-state index contributed by atoms with van der Waals surface area (Å²) in [5.41, 5.74) is 1.62. The lowest BCUT2D eigenvalue weighted by atomic mass is 10.1. The average Bonchev–Trinajstić information content (AvgIpc) is 3.00. The highest BCUT2D eigenvalue weighted by atomic mass is 19.1. The van der Waals surface area contributed by atoms with Crippen LogP contribution >= 0.6 is 0 Å². The van der Waals surface area contributed by atoms with Gasteiger partial charge in [0, 0.05) is 43.8 Å². The van der Waals surface area contributed by atoms with Crippen LogP contribution in [0.2, 0.25) is 0 Å². The molecule has 0 saturated carbocycles. The highest BCUT2D eigenvalue weighted by Crippen LogP contribution is 2.22. The van der Waals surface area contributed by atoms with Crippen LogP contribution in [-0.4, -0.2) is 51.7 Å². The molecule has 0 bridgehead atoms. The molecule has 4 aromatic rings. The number of amides is 2. The van der Waals surface area contributed by atoms with Crippen molar-refractivity contribution < 1.29 is 28.2 Å². The molecule has 0 atom stereocenters. The number of carbonyl (C=O) groups is 3. The number of anilines is 1. The fraction of sp³-hybridized carbons (Fsp3) is 0.194. The van der Waals surface area contributed by atoms with Crippen LogP contribution in [0.1, 0.15) is 51.0 Å². The number of ketones is 1. The first-order valence-corrected chi connectivity index (χ1v) is 13.1. The van der Waals surface area contributed by atoms with Gasteiger partial charge in [0.15, 0.2) is 5.78 Å². The molecule has 3 heterocycles. The lowest BCUT2D eigenvalue weighted by Crippen LogP contribution is -2.42. The van der Waals surface area contributed by atoms with E-state index in [0.717, 1.165) is 0 Å². The average molecular weight is 555 g/mol. The first-order valence-electron chi connectivity index (χ1n) is 13.1. The van der Waals surface area contributed by atoms with Crippen molar-refractivity contribution >= 4 is 23.3 Å². The lowest BCUT2D eigenvalue weighted by molar-refractivity contribution is 0.0589. The third-order valence-electron chi connectivity index (χ3n) is 6.57. The molecule has 5 rings (SSSR count). The quantitative estimate of drug-likeness (QED) is 0.285. The summed E-state index contributed by atoms with van der Waals surface area (Å²) < 4.78 is 24.6. The molecular weight excluding hydrogens is 527 g/mol. The van der Waals surface area contributed by atoms with Crippen molar-refractivity contribution in [3.8, 4) is 17.4 Å². The molecule has 0 spiro atoms. The topological polar surface area (TPSA) is 111 Å². The largest absolute Gasteiger partial charge is 0.490 e. The highest BCUT2D eigenvalue weighted by Gasteiger charge is 2.25. The van der Waals surface area contributed by atoms with Crippen molar-refractivity contribution in [3.63, 3.8) is 0 Å². The molecule has 2 aromatic carbocycles. The van der Waals surface area contributed by atoms with Gasteiger partial charge in [-0.1, -0.05) is 0 Å². The van der Waals surface area contributed by atoms with E-state index in [0.29, 0.717) is 48.7 Å². The van der Waals surface area contributed by atoms with Gasteiger partial charge in [-0.2, -0.15) is 0 Å². The molecule has 1 saturated heterocycles. The fourth-order valence-electron chi connectivity index (χ4n) is 4.30. The number of nitrogens with zero attached hydrogens (tertiary/aromatic N) is 3. The van der Waals surface area contributed by atoms with Crippen LogP contribution in [0.15, 0.2) is 85.2 Å². The van der Waals surface area contributed by atoms with Gasteiger partial charge in [0.1, 0.15) is 29.1 Å². The fourth-order valence-corrected chi connectivity index (χ4v) is 4.30. The first-order chi connectivity index (χ1) is 19.8. The van der Waals surface area contributed by atoms with Gasteiger partial charge < -0.3 is 19.7 Å². The molecule has 1 fully saturated rings. The van der Waals surface area contributed by atoms with Gasteiger partial charge in [-0.05, 0) is 73.7 Å². The number of pyridine rings is 2. The van der Waals surface area contributed by atoms with Crippen molar-refractivity contribution in [2.45, 2.75) is 25.9 Å². The molecule has 10 heteroatoms. The molecule has 41 heavy (non-hydrogen) atoms. The second kappa shape index (κ2) is 12.4. The number of piperidine rings is 1. The Balaban J connectivity index is 1.10. The number of halogens is 1. The number of Topliss-reactive ketones (excluding diaryl/α,β-unsaturated/α-hetero) is 1. The van der Waals surface area contributed by atoms with Crippen molar-refractivity contribution in [3.05, 3.63) is 108 Å². The lowest BCUT2D eigenvalue weighted by Gasteiger charge is -2.32. The maximum atomic E-state index is 13.0. The number of aromatic nitrogens is 2. The van der Waals surface area contributed by atoms with Crippen LogP contribution in [0, 0.1) is 5.82 Å². The Labute approximate surface area is 236 Å². The standard InChI is InChI=1S/C31H27FN4O5/c1-20(37)21-2-8-25(9-3-21)40-27-14-16-36(17-15-27)31(39)28-12-4-22(18-33-28)30(38)35-24-7-13-29(34-19-24)41-26-10-5-23(32)6-11-26/h2-13,18-19,27H,14-17H2,1H3,(H,35,38). The molecule has 208 valence electrons. The normalized spacial score (nSPS) is 13.4. The molecular formula is C31H27FN4O5. The molecule has 1 aliphatic heterocycles. The first kappa shape index (κ1) is 27.4. The predicted molar refractivity (Wildman–Crippen MR) is 149 cm³/mol. The molecule has 2 aromatic heterocycles. The Morgan fingerprint density at radius 3 is 2.12 bits per heavy atom. The van der Waals surface area contributed by atoms with Gasteiger partial charge in [0.2, 0.25) is 5.88 Å². The third-order valence-corrected chi connectivity index (χ3v) is 6.57. The Morgan fingerprint density at radius 2 is 1.51 bits per heavy atom. The van der Waals surface area contributed by atoms with Gasteiger partial charge in [-0.3, -0.25) is 19.4 Å². The van der Waals surface area contributed by atoms with Gasteiger partial charge in [-0.15, -0.1) is 0 Å². The van der Waals surface area contributed by atoms with Crippen molar-refractivity contribution in [1.82, 2.24) is 14.9 Å². The van der Waals surface area contributed by atoms with Crippen LogP contribution < -0.4 is 14.8 Å². The number of likely N-dealkylation sites (tertiary alicyclic amines) is 1. The zero-order valence-corrected chi connectivity index (χ0v) is 22.2. The van der Waals surface area contributed by atoms with E-state index in [1.54, 1.807) is 47.4 Å². The van der Waals surface area contributed by atoms with Gasteiger partial charge in [0.25, 0.3) is 11.8 Å². The molecule has 2 amide bonds. The van der Waals surface area contributed by atoms with Gasteiger partial charge in [0.05, 0.1) is 17.4 Å². The third kappa shape index (κ3) is 7.10. The minimum atomic E-state index is -0.403. The molecule has 0 radical (unpaired) electrons. The summed E-state index contributed by atoms with van der Waals surface area (Å²) in [5.74, 6) is 0.451. The van der Waals surface area contributed by atoms with E-state index in [1.165, 1.54) is 49.6 Å². The number of hydrogen-bond donors (Lipinski definition) is 1. The zero-order chi connectivity index (χ0) is 28.8. The monoisotopic (exact) mass is 554 g/mol. The SMILES string of the molecule is CC(=O)c1ccc(OC2CCN(C(=O)c3ccc(C(=O)Nc4ccc(Oc5ccc(F)cc5)nc4)cn3)CC2)cc1. The van der Waals surface area contributed by atoms with Crippen LogP contribution in [-0.2, 0) is 0 Å². The minimum absolute atomic E-state index is 0.00377. The maximum absolute atomic E-state index is 13.0. The highest BCUT2D eigenvalue weighted by molar-refractivity contribution is 6.04. The van der Waals surface area contributed by atoms with Crippen molar-refractivity contribution in [2.24, 2.45) is 0 Å². The minimum Gasteiger partial charge on any atom is -0.490 e. The zero-order valence-electron chi connectivity index (χ0n) is 22.2. The number of nitrogens with one attached hydrogen (secondary N) is 1. The molecule has 1 N–H and O–H groups in total. The second-order valence-electron chi connectivity index (χ2n) is 9.52. The van der Waals surface area contributed by atoms with Crippen LogP contribution in [0.5, 0.6) is 17.4 Å². The summed E-state index contributed by atoms with van der Waals surface area (Å²) in [5, 5.41) is 2.73. The van der Waals surface area contributed by atoms with E-state index >= 15 is 0 Å². The molecule has 0 aliphatic carbocycles. The van der Waals surface area contributed by atoms with E-state index < -0.39 is 5.91 Å². The van der Waals surface area contributed by atoms with Crippen molar-refractivity contribution in [2.75, 3.05) is 18.4 Å². The summed E-state index contributed by atoms with van der Waals surface area (Å²) in [4.78, 5) is 47.2. The maximum Gasteiger partial charge on any atom is 0.272 e. The summed E-state index contributed by atoms with van der Waals surface area (Å²) >= 11 is 0. The molecule has 0 unspecified atom stereocenters. The van der Waals surface area contributed by atoms with E-state index in [9.17, 15) is 18.8 Å². The second-order valence-corrected chi connectivity index (χ2v) is 9.52. The number of carbonyl (C=O) groups excluding carboxylic acids is 3. The number of benzene rings is 2. The van der Waals surface area contributed by atoms with Gasteiger partial charge >= 0.3 is 0 Å². The number of rotatable bonds is 8. The van der Waals surface area contributed by atoms with E-state index in [1.807, 2.05) is 0 Å². The summed E-state index contributed by atoms with van der Waals surface area (Å²) in [6.07, 6.45) is 4.11. The van der Waals surface area contributed by atoms with Gasteiger partial charge in [-0.25, -0.2) is 9.37 Å². The Kier molecular flexibility index (Phi) is 8.28. The summed E-state index contributed by atoms with van der Waals surface area (Å²) in [7, 11) is 0. The Bertz CT molecular complexity index is 1520.